The fourth-order valence-corrected chi connectivity index (χ4v) is 4.02. The van der Waals surface area contributed by atoms with E-state index >= 15 is 0 Å². The van der Waals surface area contributed by atoms with E-state index in [2.05, 4.69) is 25.7 Å². The lowest BCUT2D eigenvalue weighted by molar-refractivity contribution is 0.0244. The van der Waals surface area contributed by atoms with E-state index in [0.29, 0.717) is 19.1 Å². The lowest BCUT2D eigenvalue weighted by Gasteiger charge is -2.35. The van der Waals surface area contributed by atoms with E-state index < -0.39 is 5.60 Å². The van der Waals surface area contributed by atoms with E-state index in [0.717, 1.165) is 37.2 Å². The number of nitrogens with zero attached hydrogens (tertiary/aromatic N) is 3. The summed E-state index contributed by atoms with van der Waals surface area (Å²) in [5.41, 5.74) is 1.36. The van der Waals surface area contributed by atoms with Crippen LogP contribution in [0.5, 0.6) is 0 Å². The molecule has 0 spiro atoms. The van der Waals surface area contributed by atoms with Crippen molar-refractivity contribution in [2.75, 3.05) is 38.1 Å². The largest absolute Gasteiger partial charge is 0.444 e. The number of hydrogen-bond acceptors (Lipinski definition) is 4. The van der Waals surface area contributed by atoms with Gasteiger partial charge in [0, 0.05) is 50.5 Å². The van der Waals surface area contributed by atoms with Gasteiger partial charge >= 0.3 is 6.09 Å². The molecule has 30 heavy (non-hydrogen) atoms. The van der Waals surface area contributed by atoms with Gasteiger partial charge in [0.1, 0.15) is 5.60 Å². The average Bonchev–Trinajstić information content (AvgIpc) is 2.67. The minimum Gasteiger partial charge on any atom is -0.444 e. The highest BCUT2D eigenvalue weighted by molar-refractivity contribution is 5.94. The first-order valence-corrected chi connectivity index (χ1v) is 11.1. The van der Waals surface area contributed by atoms with Crippen LogP contribution in [0.1, 0.15) is 64.7 Å². The number of benzene rings is 1. The van der Waals surface area contributed by atoms with Crippen LogP contribution in [-0.2, 0) is 4.74 Å². The summed E-state index contributed by atoms with van der Waals surface area (Å²) in [6, 6.07) is 8.35. The van der Waals surface area contributed by atoms with Crippen LogP contribution in [0.3, 0.4) is 0 Å². The fraction of sp³-hybridized carbons (Fsp3) is 0.667. The number of carbonyl (C=O) groups excluding carboxylic acids is 2. The van der Waals surface area contributed by atoms with Gasteiger partial charge in [-0.05, 0) is 84.6 Å². The van der Waals surface area contributed by atoms with Gasteiger partial charge in [-0.15, -0.1) is 0 Å². The van der Waals surface area contributed by atoms with Crippen molar-refractivity contribution in [3.05, 3.63) is 29.8 Å². The van der Waals surface area contributed by atoms with Crippen LogP contribution in [0.2, 0.25) is 0 Å². The Balaban J connectivity index is 1.98. The van der Waals surface area contributed by atoms with Gasteiger partial charge in [0.25, 0.3) is 5.91 Å². The summed E-state index contributed by atoms with van der Waals surface area (Å²) in [5.74, 6) is 0.329. The quantitative estimate of drug-likeness (QED) is 0.677. The Labute approximate surface area is 182 Å². The molecule has 0 aromatic heterocycles. The first kappa shape index (κ1) is 24.0. The van der Waals surface area contributed by atoms with Crippen molar-refractivity contribution in [1.82, 2.24) is 9.80 Å². The highest BCUT2D eigenvalue weighted by Gasteiger charge is 2.28. The minimum absolute atomic E-state index is 0.0683. The number of amides is 2. The Morgan fingerprint density at radius 2 is 1.83 bits per heavy atom. The molecule has 6 nitrogen and oxygen atoms in total. The number of piperidine rings is 1. The molecule has 1 unspecified atom stereocenters. The van der Waals surface area contributed by atoms with Crippen LogP contribution in [0.4, 0.5) is 10.5 Å². The highest BCUT2D eigenvalue weighted by Crippen LogP contribution is 2.22. The third kappa shape index (κ3) is 6.64. The molecule has 6 heteroatoms. The zero-order valence-corrected chi connectivity index (χ0v) is 19.8. The van der Waals surface area contributed by atoms with Crippen molar-refractivity contribution in [3.63, 3.8) is 0 Å². The second kappa shape index (κ2) is 10.2. The fourth-order valence-electron chi connectivity index (χ4n) is 4.02. The molecule has 1 aromatic rings. The molecule has 1 fully saturated rings. The second-order valence-corrected chi connectivity index (χ2v) is 9.55. The Hall–Kier alpha value is -2.24. The maximum atomic E-state index is 13.0. The van der Waals surface area contributed by atoms with E-state index in [1.807, 2.05) is 49.9 Å². The SMILES string of the molecule is CCN(c1ccc(C(=O)N2CCCC(CN(C)C(=O)OC(C)(C)C)C2)cc1)C(C)C. The first-order chi connectivity index (χ1) is 14.0. The molecule has 0 saturated carbocycles. The van der Waals surface area contributed by atoms with Crippen molar-refractivity contribution in [2.24, 2.45) is 5.92 Å². The third-order valence-corrected chi connectivity index (χ3v) is 5.45. The van der Waals surface area contributed by atoms with Crippen LogP contribution in [0, 0.1) is 5.92 Å². The molecule has 0 N–H and O–H groups in total. The molecule has 1 aliphatic heterocycles. The summed E-state index contributed by atoms with van der Waals surface area (Å²) in [6.07, 6.45) is 1.65. The smallest absolute Gasteiger partial charge is 0.410 e. The summed E-state index contributed by atoms with van der Waals surface area (Å²) in [6.45, 7) is 15.0. The summed E-state index contributed by atoms with van der Waals surface area (Å²) in [7, 11) is 1.77. The average molecular weight is 418 g/mol. The molecule has 0 radical (unpaired) electrons. The van der Waals surface area contributed by atoms with E-state index in [1.54, 1.807) is 11.9 Å². The Kier molecular flexibility index (Phi) is 8.16. The van der Waals surface area contributed by atoms with E-state index in [9.17, 15) is 9.59 Å². The second-order valence-electron chi connectivity index (χ2n) is 9.55. The van der Waals surface area contributed by atoms with E-state index in [-0.39, 0.29) is 17.9 Å². The topological polar surface area (TPSA) is 53.1 Å². The molecular formula is C24H39N3O3. The molecule has 1 saturated heterocycles. The minimum atomic E-state index is -0.505. The van der Waals surface area contributed by atoms with Gasteiger partial charge in [0.15, 0.2) is 0 Å². The molecule has 2 rings (SSSR count). The summed E-state index contributed by atoms with van der Waals surface area (Å²) < 4.78 is 5.44. The zero-order chi connectivity index (χ0) is 22.5. The number of rotatable bonds is 6. The third-order valence-electron chi connectivity index (χ3n) is 5.45. The number of likely N-dealkylation sites (tertiary alicyclic amines) is 1. The summed E-state index contributed by atoms with van der Waals surface area (Å²) in [5, 5.41) is 0. The maximum Gasteiger partial charge on any atom is 0.410 e. The van der Waals surface area contributed by atoms with Crippen molar-refractivity contribution in [3.8, 4) is 0 Å². The van der Waals surface area contributed by atoms with Crippen LogP contribution in [0.15, 0.2) is 24.3 Å². The Bertz CT molecular complexity index is 709. The zero-order valence-electron chi connectivity index (χ0n) is 19.8. The molecule has 1 heterocycles. The predicted molar refractivity (Wildman–Crippen MR) is 122 cm³/mol. The number of anilines is 1. The van der Waals surface area contributed by atoms with Crippen molar-refractivity contribution in [2.45, 2.75) is 66.0 Å². The normalized spacial score (nSPS) is 17.1. The molecule has 1 atom stereocenters. The number of carbonyl (C=O) groups is 2. The molecule has 168 valence electrons. The van der Waals surface area contributed by atoms with Crippen LogP contribution in [-0.4, -0.2) is 66.7 Å². The van der Waals surface area contributed by atoms with Gasteiger partial charge in [-0.25, -0.2) is 4.79 Å². The Morgan fingerprint density at radius 1 is 1.20 bits per heavy atom. The monoisotopic (exact) mass is 417 g/mol. The highest BCUT2D eigenvalue weighted by atomic mass is 16.6. The molecule has 0 bridgehead atoms. The van der Waals surface area contributed by atoms with Gasteiger partial charge in [-0.3, -0.25) is 4.79 Å². The van der Waals surface area contributed by atoms with E-state index in [4.69, 9.17) is 4.74 Å². The Morgan fingerprint density at radius 3 is 2.37 bits per heavy atom. The standard InChI is InChI=1S/C24H39N3O3/c1-8-27(18(2)3)21-13-11-20(12-14-21)22(28)26-15-9-10-19(17-26)16-25(7)23(29)30-24(4,5)6/h11-14,18-19H,8-10,15-17H2,1-7H3. The molecule has 2 amide bonds. The number of hydrogen-bond donors (Lipinski definition) is 0. The number of ether oxygens (including phenoxy) is 1. The van der Waals surface area contributed by atoms with Crippen LogP contribution < -0.4 is 4.90 Å². The summed E-state index contributed by atoms with van der Waals surface area (Å²) >= 11 is 0. The van der Waals surface area contributed by atoms with Gasteiger partial charge in [0.05, 0.1) is 0 Å². The van der Waals surface area contributed by atoms with Gasteiger partial charge in [-0.1, -0.05) is 0 Å². The van der Waals surface area contributed by atoms with Crippen molar-refractivity contribution < 1.29 is 14.3 Å². The van der Waals surface area contributed by atoms with Gasteiger partial charge in [-0.2, -0.15) is 0 Å². The van der Waals surface area contributed by atoms with E-state index in [1.165, 1.54) is 0 Å². The van der Waals surface area contributed by atoms with Crippen molar-refractivity contribution in [1.29, 1.82) is 0 Å². The molecular weight excluding hydrogens is 378 g/mol. The molecule has 1 aromatic carbocycles. The molecule has 0 aliphatic carbocycles. The lowest BCUT2D eigenvalue weighted by Crippen LogP contribution is -2.45. The first-order valence-electron chi connectivity index (χ1n) is 11.1. The summed E-state index contributed by atoms with van der Waals surface area (Å²) in [4.78, 5) is 31.1. The maximum absolute atomic E-state index is 13.0. The van der Waals surface area contributed by atoms with Crippen molar-refractivity contribution >= 4 is 17.7 Å². The lowest BCUT2D eigenvalue weighted by atomic mass is 9.97. The van der Waals surface area contributed by atoms with Crippen LogP contribution in [0.25, 0.3) is 0 Å². The van der Waals surface area contributed by atoms with Crippen LogP contribution >= 0.6 is 0 Å². The molecule has 1 aliphatic rings. The predicted octanol–water partition coefficient (Wildman–Crippen LogP) is 4.64. The van der Waals surface area contributed by atoms with Gasteiger partial charge < -0.3 is 19.4 Å². The van der Waals surface area contributed by atoms with Gasteiger partial charge in [0.2, 0.25) is 0 Å².